The van der Waals surface area contributed by atoms with Crippen molar-refractivity contribution in [1.82, 2.24) is 5.32 Å². The molecule has 0 heterocycles. The Labute approximate surface area is 95.2 Å². The van der Waals surface area contributed by atoms with Crippen LogP contribution in [0.3, 0.4) is 0 Å². The van der Waals surface area contributed by atoms with Crippen LogP contribution >= 0.6 is 0 Å². The Balaban J connectivity index is 2.69. The molecule has 84 valence electrons. The Morgan fingerprint density at radius 1 is 1.38 bits per heavy atom. The van der Waals surface area contributed by atoms with Gasteiger partial charge in [-0.15, -0.1) is 6.58 Å². The van der Waals surface area contributed by atoms with E-state index >= 15 is 0 Å². The molecule has 3 heteroatoms. The smallest absolute Gasteiger partial charge is 0.251 e. The summed E-state index contributed by atoms with van der Waals surface area (Å²) in [5.41, 5.74) is 0.554. The molecule has 16 heavy (non-hydrogen) atoms. The van der Waals surface area contributed by atoms with Crippen molar-refractivity contribution < 1.29 is 9.59 Å². The van der Waals surface area contributed by atoms with Gasteiger partial charge in [0.15, 0.2) is 5.78 Å². The van der Waals surface area contributed by atoms with Crippen molar-refractivity contribution in [3.05, 3.63) is 48.6 Å². The Kier molecular flexibility index (Phi) is 4.45. The van der Waals surface area contributed by atoms with Gasteiger partial charge in [-0.25, -0.2) is 0 Å². The summed E-state index contributed by atoms with van der Waals surface area (Å²) in [5.74, 6) is -0.299. The van der Waals surface area contributed by atoms with Crippen LogP contribution in [-0.4, -0.2) is 17.7 Å². The lowest BCUT2D eigenvalue weighted by Gasteiger charge is -2.13. The fraction of sp³-hybridized carbons (Fsp3) is 0.231. The number of rotatable bonds is 5. The fourth-order valence-electron chi connectivity index (χ4n) is 1.32. The van der Waals surface area contributed by atoms with E-state index in [9.17, 15) is 9.59 Å². The summed E-state index contributed by atoms with van der Waals surface area (Å²) >= 11 is 0. The third-order valence-corrected chi connectivity index (χ3v) is 2.23. The van der Waals surface area contributed by atoms with Crippen LogP contribution in [0.25, 0.3) is 0 Å². The van der Waals surface area contributed by atoms with Gasteiger partial charge in [-0.1, -0.05) is 24.3 Å². The molecule has 1 aromatic carbocycles. The third kappa shape index (κ3) is 3.35. The molecule has 1 amide bonds. The van der Waals surface area contributed by atoms with E-state index in [4.69, 9.17) is 0 Å². The average Bonchev–Trinajstić information content (AvgIpc) is 2.29. The molecule has 1 unspecified atom stereocenters. The maximum atomic E-state index is 11.7. The molecule has 0 bridgehead atoms. The number of carbonyl (C=O) groups is 2. The summed E-state index contributed by atoms with van der Waals surface area (Å²) in [4.78, 5) is 23.0. The molecule has 0 radical (unpaired) electrons. The van der Waals surface area contributed by atoms with Gasteiger partial charge in [0.05, 0.1) is 6.04 Å². The van der Waals surface area contributed by atoms with Crippen LogP contribution in [0.5, 0.6) is 0 Å². The fourth-order valence-corrected chi connectivity index (χ4v) is 1.32. The van der Waals surface area contributed by atoms with Crippen molar-refractivity contribution in [1.29, 1.82) is 0 Å². The first-order chi connectivity index (χ1) is 7.65. The van der Waals surface area contributed by atoms with Crippen LogP contribution < -0.4 is 5.32 Å². The highest BCUT2D eigenvalue weighted by atomic mass is 16.2. The Bertz CT molecular complexity index is 384. The summed E-state index contributed by atoms with van der Waals surface area (Å²) in [6.45, 7) is 5.02. The largest absolute Gasteiger partial charge is 0.342 e. The van der Waals surface area contributed by atoms with E-state index in [1.165, 1.54) is 6.92 Å². The van der Waals surface area contributed by atoms with E-state index in [0.717, 1.165) is 0 Å². The van der Waals surface area contributed by atoms with Gasteiger partial charge in [-0.3, -0.25) is 9.59 Å². The van der Waals surface area contributed by atoms with Crippen LogP contribution in [-0.2, 0) is 4.79 Å². The highest BCUT2D eigenvalue weighted by Crippen LogP contribution is 2.01. The minimum Gasteiger partial charge on any atom is -0.342 e. The minimum atomic E-state index is -0.481. The molecule has 3 nitrogen and oxygen atoms in total. The van der Waals surface area contributed by atoms with Gasteiger partial charge in [0.25, 0.3) is 5.91 Å². The number of Topliss-reactive ketones (excluding diaryl/α,β-unsaturated/α-hetero) is 1. The molecule has 0 spiro atoms. The van der Waals surface area contributed by atoms with E-state index < -0.39 is 6.04 Å². The molecule has 1 N–H and O–H groups in total. The molecule has 0 saturated carbocycles. The molecule has 1 atom stereocenters. The Morgan fingerprint density at radius 2 is 2.00 bits per heavy atom. The minimum absolute atomic E-state index is 0.0656. The molecule has 0 fully saturated rings. The number of hydrogen-bond donors (Lipinski definition) is 1. The molecule has 0 aliphatic heterocycles. The van der Waals surface area contributed by atoms with Crippen LogP contribution in [0.4, 0.5) is 0 Å². The van der Waals surface area contributed by atoms with E-state index in [1.807, 2.05) is 6.07 Å². The first-order valence-corrected chi connectivity index (χ1v) is 5.12. The van der Waals surface area contributed by atoms with E-state index in [-0.39, 0.29) is 11.7 Å². The normalized spacial score (nSPS) is 11.6. The van der Waals surface area contributed by atoms with Crippen molar-refractivity contribution >= 4 is 11.7 Å². The van der Waals surface area contributed by atoms with Gasteiger partial charge in [-0.05, 0) is 25.5 Å². The van der Waals surface area contributed by atoms with Crippen molar-refractivity contribution in [2.75, 3.05) is 0 Å². The maximum absolute atomic E-state index is 11.7. The monoisotopic (exact) mass is 217 g/mol. The second-order valence-corrected chi connectivity index (χ2v) is 3.53. The van der Waals surface area contributed by atoms with Crippen LogP contribution in [0.2, 0.25) is 0 Å². The molecule has 1 rings (SSSR count). The van der Waals surface area contributed by atoms with Gasteiger partial charge in [0.1, 0.15) is 0 Å². The molecular weight excluding hydrogens is 202 g/mol. The van der Waals surface area contributed by atoms with E-state index in [2.05, 4.69) is 11.9 Å². The quantitative estimate of drug-likeness (QED) is 0.766. The van der Waals surface area contributed by atoms with Crippen LogP contribution in [0, 0.1) is 0 Å². The summed E-state index contributed by atoms with van der Waals surface area (Å²) in [5, 5.41) is 2.67. The Hall–Kier alpha value is -1.90. The predicted octanol–water partition coefficient (Wildman–Crippen LogP) is 1.95. The second kappa shape index (κ2) is 5.85. The molecule has 1 aromatic rings. The summed E-state index contributed by atoms with van der Waals surface area (Å²) < 4.78 is 0. The zero-order valence-electron chi connectivity index (χ0n) is 9.27. The number of benzene rings is 1. The standard InChI is InChI=1S/C13H15NO2/c1-3-7-12(10(2)15)14-13(16)11-8-5-4-6-9-11/h3-6,8-9,12H,1,7H2,2H3,(H,14,16). The van der Waals surface area contributed by atoms with Gasteiger partial charge in [-0.2, -0.15) is 0 Å². The van der Waals surface area contributed by atoms with Gasteiger partial charge in [0, 0.05) is 5.56 Å². The predicted molar refractivity (Wildman–Crippen MR) is 63.2 cm³/mol. The second-order valence-electron chi connectivity index (χ2n) is 3.53. The molecule has 0 aliphatic rings. The van der Waals surface area contributed by atoms with E-state index in [0.29, 0.717) is 12.0 Å². The maximum Gasteiger partial charge on any atom is 0.251 e. The number of amides is 1. The number of nitrogens with one attached hydrogen (secondary N) is 1. The summed E-state index contributed by atoms with van der Waals surface area (Å²) in [6.07, 6.45) is 2.07. The third-order valence-electron chi connectivity index (χ3n) is 2.23. The van der Waals surface area contributed by atoms with Crippen molar-refractivity contribution in [3.63, 3.8) is 0 Å². The first-order valence-electron chi connectivity index (χ1n) is 5.12. The lowest BCUT2D eigenvalue weighted by Crippen LogP contribution is -2.39. The molecule has 0 saturated heterocycles. The van der Waals surface area contributed by atoms with Crippen molar-refractivity contribution in [3.8, 4) is 0 Å². The first kappa shape index (κ1) is 12.2. The Morgan fingerprint density at radius 3 is 2.50 bits per heavy atom. The summed E-state index contributed by atoms with van der Waals surface area (Å²) in [6, 6.07) is 8.34. The number of ketones is 1. The van der Waals surface area contributed by atoms with Gasteiger partial charge in [0.2, 0.25) is 0 Å². The van der Waals surface area contributed by atoms with Crippen LogP contribution in [0.15, 0.2) is 43.0 Å². The van der Waals surface area contributed by atoms with E-state index in [1.54, 1.807) is 30.3 Å². The molecule has 0 aromatic heterocycles. The van der Waals surface area contributed by atoms with Gasteiger partial charge >= 0.3 is 0 Å². The molecular formula is C13H15NO2. The van der Waals surface area contributed by atoms with Crippen molar-refractivity contribution in [2.24, 2.45) is 0 Å². The highest BCUT2D eigenvalue weighted by Gasteiger charge is 2.15. The zero-order chi connectivity index (χ0) is 12.0. The number of carbonyl (C=O) groups excluding carboxylic acids is 2. The lowest BCUT2D eigenvalue weighted by molar-refractivity contribution is -0.118. The topological polar surface area (TPSA) is 46.2 Å². The number of hydrogen-bond acceptors (Lipinski definition) is 2. The average molecular weight is 217 g/mol. The van der Waals surface area contributed by atoms with Crippen molar-refractivity contribution in [2.45, 2.75) is 19.4 Å². The summed E-state index contributed by atoms with van der Waals surface area (Å²) in [7, 11) is 0. The SMILES string of the molecule is C=CCC(NC(=O)c1ccccc1)C(C)=O. The van der Waals surface area contributed by atoms with Gasteiger partial charge < -0.3 is 5.32 Å². The molecule has 0 aliphatic carbocycles. The van der Waals surface area contributed by atoms with Crippen LogP contribution in [0.1, 0.15) is 23.7 Å². The lowest BCUT2D eigenvalue weighted by atomic mass is 10.1. The highest BCUT2D eigenvalue weighted by molar-refractivity contribution is 5.97. The zero-order valence-corrected chi connectivity index (χ0v) is 9.27.